The smallest absolute Gasteiger partial charge is 0.119 e. The van der Waals surface area contributed by atoms with Gasteiger partial charge in [0.15, 0.2) is 0 Å². The summed E-state index contributed by atoms with van der Waals surface area (Å²) in [6.07, 6.45) is 6.82. The molecule has 1 aromatic heterocycles. The molecule has 0 radical (unpaired) electrons. The second kappa shape index (κ2) is 2.02. The largest absolute Gasteiger partial charge is 0.370 e. The van der Waals surface area contributed by atoms with Gasteiger partial charge in [0.1, 0.15) is 6.26 Å². The van der Waals surface area contributed by atoms with Crippen LogP contribution in [0.4, 0.5) is 0 Å². The summed E-state index contributed by atoms with van der Waals surface area (Å²) in [4.78, 5) is 6.54. The highest BCUT2D eigenvalue weighted by Gasteiger charge is 2.07. The van der Waals surface area contributed by atoms with Gasteiger partial charge in [-0.2, -0.15) is 0 Å². The van der Waals surface area contributed by atoms with Gasteiger partial charge in [0.05, 0.1) is 18.9 Å². The molecule has 0 atom stereocenters. The van der Waals surface area contributed by atoms with Gasteiger partial charge in [0, 0.05) is 0 Å². The second-order valence-corrected chi connectivity index (χ2v) is 1.84. The molecule has 0 amide bonds. The summed E-state index contributed by atoms with van der Waals surface area (Å²) in [6.45, 7) is 0.712. The highest BCUT2D eigenvalue weighted by Crippen LogP contribution is 1.97. The van der Waals surface area contributed by atoms with E-state index in [0.717, 1.165) is 0 Å². The number of hydrogen-bond acceptors (Lipinski definition) is 4. The molecule has 2 heterocycles. The van der Waals surface area contributed by atoms with E-state index in [1.54, 1.807) is 23.8 Å². The molecule has 52 valence electrons. The molecule has 0 saturated carbocycles. The maximum absolute atomic E-state index is 5.01. The van der Waals surface area contributed by atoms with E-state index < -0.39 is 0 Å². The van der Waals surface area contributed by atoms with E-state index in [2.05, 4.69) is 10.3 Å². The van der Waals surface area contributed by atoms with Crippen LogP contribution in [0.1, 0.15) is 0 Å². The van der Waals surface area contributed by atoms with Gasteiger partial charge in [0.2, 0.25) is 0 Å². The van der Waals surface area contributed by atoms with Gasteiger partial charge in [-0.3, -0.25) is 0 Å². The van der Waals surface area contributed by atoms with Crippen LogP contribution in [0.3, 0.4) is 0 Å². The third-order valence-corrected chi connectivity index (χ3v) is 1.18. The van der Waals surface area contributed by atoms with E-state index >= 15 is 0 Å². The van der Waals surface area contributed by atoms with Crippen molar-refractivity contribution in [1.29, 1.82) is 0 Å². The fourth-order valence-corrected chi connectivity index (χ4v) is 0.742. The first-order chi connectivity index (χ1) is 4.97. The van der Waals surface area contributed by atoms with Crippen molar-refractivity contribution in [2.75, 3.05) is 11.7 Å². The summed E-state index contributed by atoms with van der Waals surface area (Å²) in [5.41, 5.74) is 0. The molecular weight excluding hydrogens is 132 g/mol. The van der Waals surface area contributed by atoms with Crippen LogP contribution in [0, 0.1) is 0 Å². The average molecular weight is 138 g/mol. The first-order valence-corrected chi connectivity index (χ1v) is 2.93. The van der Waals surface area contributed by atoms with Gasteiger partial charge in [-0.15, -0.1) is 15.1 Å². The van der Waals surface area contributed by atoms with E-state index in [-0.39, 0.29) is 0 Å². The van der Waals surface area contributed by atoms with Crippen LogP contribution in [-0.4, -0.2) is 21.6 Å². The minimum Gasteiger partial charge on any atom is -0.370 e. The summed E-state index contributed by atoms with van der Waals surface area (Å²) in [7, 11) is 0. The lowest BCUT2D eigenvalue weighted by Gasteiger charge is -2.13. The van der Waals surface area contributed by atoms with Gasteiger partial charge in [-0.25, -0.2) is 0 Å². The Kier molecular flexibility index (Phi) is 1.06. The molecule has 2 rings (SSSR count). The number of hydroxylamine groups is 1. The van der Waals surface area contributed by atoms with Crippen molar-refractivity contribution < 1.29 is 4.84 Å². The van der Waals surface area contributed by atoms with E-state index in [0.29, 0.717) is 6.54 Å². The monoisotopic (exact) mass is 138 g/mol. The third-order valence-electron chi connectivity index (χ3n) is 1.18. The van der Waals surface area contributed by atoms with Crippen LogP contribution in [0.15, 0.2) is 24.7 Å². The molecule has 0 saturated heterocycles. The van der Waals surface area contributed by atoms with Crippen molar-refractivity contribution in [3.63, 3.8) is 0 Å². The summed E-state index contributed by atoms with van der Waals surface area (Å²) < 4.78 is 0. The predicted octanol–water partition coefficient (Wildman–Crippen LogP) is -0.325. The predicted molar refractivity (Wildman–Crippen MR) is 33.3 cm³/mol. The van der Waals surface area contributed by atoms with Gasteiger partial charge in [-0.1, -0.05) is 0 Å². The molecule has 0 bridgehead atoms. The van der Waals surface area contributed by atoms with Gasteiger partial charge in [0.25, 0.3) is 0 Å². The maximum atomic E-state index is 5.01. The summed E-state index contributed by atoms with van der Waals surface area (Å²) in [5, 5.41) is 8.93. The maximum Gasteiger partial charge on any atom is 0.119 e. The molecule has 1 aromatic rings. The zero-order valence-electron chi connectivity index (χ0n) is 5.21. The van der Waals surface area contributed by atoms with Crippen molar-refractivity contribution in [2.24, 2.45) is 0 Å². The van der Waals surface area contributed by atoms with Crippen molar-refractivity contribution in [2.45, 2.75) is 0 Å². The van der Waals surface area contributed by atoms with Gasteiger partial charge < -0.3 is 4.84 Å². The fraction of sp³-hybridized carbons (Fsp3) is 0.200. The molecule has 5 heteroatoms. The molecule has 0 aromatic carbocycles. The average Bonchev–Trinajstić information content (AvgIpc) is 2.59. The zero-order valence-corrected chi connectivity index (χ0v) is 5.21. The minimum absolute atomic E-state index is 0.712. The Morgan fingerprint density at radius 2 is 2.50 bits per heavy atom. The molecule has 0 fully saturated rings. The Balaban J connectivity index is 2.14. The van der Waals surface area contributed by atoms with Crippen molar-refractivity contribution in [3.8, 4) is 0 Å². The Labute approximate surface area is 57.4 Å². The molecule has 5 nitrogen and oxygen atoms in total. The van der Waals surface area contributed by atoms with Crippen LogP contribution < -0.4 is 5.17 Å². The minimum atomic E-state index is 0.712. The van der Waals surface area contributed by atoms with Crippen LogP contribution in [-0.2, 0) is 4.84 Å². The molecule has 10 heavy (non-hydrogen) atoms. The Hall–Kier alpha value is -1.52. The zero-order chi connectivity index (χ0) is 6.81. The number of nitrogens with zero attached hydrogens (tertiary/aromatic N) is 4. The molecule has 1 aliphatic rings. The topological polar surface area (TPSA) is 43.2 Å². The van der Waals surface area contributed by atoms with Gasteiger partial charge >= 0.3 is 0 Å². The molecular formula is C5H6N4O. The molecule has 0 N–H and O–H groups in total. The van der Waals surface area contributed by atoms with Crippen LogP contribution in [0.2, 0.25) is 0 Å². The van der Waals surface area contributed by atoms with Gasteiger partial charge in [-0.05, 0) is 11.3 Å². The van der Waals surface area contributed by atoms with E-state index in [1.807, 2.05) is 6.08 Å². The molecule has 0 unspecified atom stereocenters. The number of aromatic nitrogens is 3. The molecule has 0 aliphatic carbocycles. The standard InChI is InChI=1S/C5H6N4O/c1-3-9(10-5-1)8-4-2-6-7-8/h1-2,4-5H,3H2. The van der Waals surface area contributed by atoms with E-state index in [4.69, 9.17) is 4.84 Å². The fourth-order valence-electron chi connectivity index (χ4n) is 0.742. The summed E-state index contributed by atoms with van der Waals surface area (Å²) in [5.74, 6) is 0. The SMILES string of the molecule is C1=CON(n2ccnn2)C1. The Bertz CT molecular complexity index is 222. The van der Waals surface area contributed by atoms with Crippen molar-refractivity contribution in [1.82, 2.24) is 15.1 Å². The normalized spacial score (nSPS) is 15.8. The highest BCUT2D eigenvalue weighted by atomic mass is 16.7. The summed E-state index contributed by atoms with van der Waals surface area (Å²) >= 11 is 0. The Morgan fingerprint density at radius 1 is 1.50 bits per heavy atom. The van der Waals surface area contributed by atoms with Crippen LogP contribution in [0.25, 0.3) is 0 Å². The molecule has 1 aliphatic heterocycles. The lowest BCUT2D eigenvalue weighted by atomic mass is 10.7. The van der Waals surface area contributed by atoms with Crippen LogP contribution >= 0.6 is 0 Å². The lowest BCUT2D eigenvalue weighted by Crippen LogP contribution is -2.30. The quantitative estimate of drug-likeness (QED) is 0.533. The number of hydrogen-bond donors (Lipinski definition) is 0. The van der Waals surface area contributed by atoms with Crippen LogP contribution in [0.5, 0.6) is 0 Å². The first kappa shape index (κ1) is 5.28. The molecule has 0 spiro atoms. The number of rotatable bonds is 1. The van der Waals surface area contributed by atoms with Crippen molar-refractivity contribution in [3.05, 3.63) is 24.7 Å². The van der Waals surface area contributed by atoms with E-state index in [9.17, 15) is 0 Å². The summed E-state index contributed by atoms with van der Waals surface area (Å²) in [6, 6.07) is 0. The highest BCUT2D eigenvalue weighted by molar-refractivity contribution is 4.93. The third kappa shape index (κ3) is 0.717. The van der Waals surface area contributed by atoms with E-state index in [1.165, 1.54) is 4.79 Å². The first-order valence-electron chi connectivity index (χ1n) is 2.93. The Morgan fingerprint density at radius 3 is 3.10 bits per heavy atom. The lowest BCUT2D eigenvalue weighted by molar-refractivity contribution is 0.157. The van der Waals surface area contributed by atoms with Crippen molar-refractivity contribution >= 4 is 0 Å². The second-order valence-electron chi connectivity index (χ2n) is 1.84.